The minimum Gasteiger partial charge on any atom is -0.463 e. The fourth-order valence-corrected chi connectivity index (χ4v) is 4.88. The van der Waals surface area contributed by atoms with Gasteiger partial charge in [-0.1, -0.05) is 72.8 Å². The molecular weight excluding hydrogens is 548 g/mol. The lowest BCUT2D eigenvalue weighted by atomic mass is 9.95. The van der Waals surface area contributed by atoms with Crippen LogP contribution in [0.5, 0.6) is 0 Å². The Labute approximate surface area is 254 Å². The van der Waals surface area contributed by atoms with E-state index < -0.39 is 35.4 Å². The second-order valence-corrected chi connectivity index (χ2v) is 11.9. The van der Waals surface area contributed by atoms with Crippen LogP contribution in [-0.4, -0.2) is 65.2 Å². The molecule has 1 aliphatic heterocycles. The second kappa shape index (κ2) is 16.6. The van der Waals surface area contributed by atoms with Gasteiger partial charge in [0.1, 0.15) is 12.2 Å². The average molecular weight is 593 g/mol. The molecule has 0 aromatic heterocycles. The number of amides is 2. The predicted octanol–water partition coefficient (Wildman–Crippen LogP) is 3.98. The molecule has 43 heavy (non-hydrogen) atoms. The molecule has 9 heteroatoms. The van der Waals surface area contributed by atoms with Crippen molar-refractivity contribution in [1.29, 1.82) is 0 Å². The van der Waals surface area contributed by atoms with Gasteiger partial charge in [-0.05, 0) is 51.2 Å². The largest absolute Gasteiger partial charge is 0.463 e. The maximum Gasteiger partial charge on any atom is 0.309 e. The van der Waals surface area contributed by atoms with Crippen LogP contribution in [0.4, 0.5) is 0 Å². The van der Waals surface area contributed by atoms with Crippen molar-refractivity contribution in [2.24, 2.45) is 11.8 Å². The van der Waals surface area contributed by atoms with E-state index in [4.69, 9.17) is 9.47 Å². The van der Waals surface area contributed by atoms with E-state index >= 15 is 0 Å². The molecule has 2 aromatic carbocycles. The Morgan fingerprint density at radius 3 is 2.14 bits per heavy atom. The molecule has 3 rings (SSSR count). The monoisotopic (exact) mass is 592 g/mol. The van der Waals surface area contributed by atoms with Crippen molar-refractivity contribution >= 4 is 23.8 Å². The predicted molar refractivity (Wildman–Crippen MR) is 162 cm³/mol. The Bertz CT molecular complexity index is 1220. The molecule has 0 aliphatic carbocycles. The molecule has 0 unspecified atom stereocenters. The molecule has 1 aliphatic rings. The summed E-state index contributed by atoms with van der Waals surface area (Å²) in [5, 5.41) is 12.6. The molecule has 0 bridgehead atoms. The van der Waals surface area contributed by atoms with E-state index in [1.165, 1.54) is 0 Å². The third-order valence-electron chi connectivity index (χ3n) is 7.00. The lowest BCUT2D eigenvalue weighted by Gasteiger charge is -2.27. The van der Waals surface area contributed by atoms with Gasteiger partial charge in [0.25, 0.3) is 0 Å². The minimum atomic E-state index is -0.746. The smallest absolute Gasteiger partial charge is 0.309 e. The third kappa shape index (κ3) is 12.0. The summed E-state index contributed by atoms with van der Waals surface area (Å²) >= 11 is 0. The molecule has 9 nitrogen and oxygen atoms in total. The second-order valence-electron chi connectivity index (χ2n) is 11.9. The molecule has 0 saturated carbocycles. The molecule has 0 radical (unpaired) electrons. The van der Waals surface area contributed by atoms with Crippen molar-refractivity contribution in [2.45, 2.75) is 71.1 Å². The standard InChI is InChI=1S/C34H44N2O7/c1-34(2,3)43-31(39)22-28-17-11-10-16-27(21-30(38)36(18-19-37)23-26-14-8-5-9-15-26)32(40)35-29(24-42-33(28)41)20-25-12-6-4-7-13-25/h4-15,27-29,37H,16-24H2,1-3H3,(H,35,40)/b11-10-/t27-,28-,29+/m0/s1. The van der Waals surface area contributed by atoms with Crippen LogP contribution in [0, 0.1) is 11.8 Å². The zero-order valence-electron chi connectivity index (χ0n) is 25.4. The number of esters is 2. The summed E-state index contributed by atoms with van der Waals surface area (Å²) in [5.41, 5.74) is 1.19. The molecule has 3 atom stereocenters. The van der Waals surface area contributed by atoms with E-state index in [-0.39, 0.29) is 57.3 Å². The number of cyclic esters (lactones) is 1. The van der Waals surface area contributed by atoms with Gasteiger partial charge in [-0.15, -0.1) is 0 Å². The highest BCUT2D eigenvalue weighted by Crippen LogP contribution is 2.20. The highest BCUT2D eigenvalue weighted by atomic mass is 16.6. The lowest BCUT2D eigenvalue weighted by molar-refractivity contribution is -0.161. The quantitative estimate of drug-likeness (QED) is 0.316. The van der Waals surface area contributed by atoms with Gasteiger partial charge in [-0.2, -0.15) is 0 Å². The maximum atomic E-state index is 13.6. The molecule has 0 saturated heterocycles. The van der Waals surface area contributed by atoms with E-state index in [1.807, 2.05) is 60.7 Å². The van der Waals surface area contributed by atoms with Gasteiger partial charge in [0.2, 0.25) is 11.8 Å². The van der Waals surface area contributed by atoms with Gasteiger partial charge in [-0.3, -0.25) is 19.2 Å². The normalized spacial score (nSPS) is 20.5. The zero-order valence-corrected chi connectivity index (χ0v) is 25.4. The zero-order chi connectivity index (χ0) is 31.2. The van der Waals surface area contributed by atoms with Crippen molar-refractivity contribution in [3.8, 4) is 0 Å². The fourth-order valence-electron chi connectivity index (χ4n) is 4.88. The molecule has 0 spiro atoms. The average Bonchev–Trinajstić information content (AvgIpc) is 2.95. The number of hydrogen-bond donors (Lipinski definition) is 2. The van der Waals surface area contributed by atoms with Crippen molar-refractivity contribution in [3.63, 3.8) is 0 Å². The van der Waals surface area contributed by atoms with Gasteiger partial charge in [-0.25, -0.2) is 0 Å². The Kier molecular flexibility index (Phi) is 12.9. The number of carbonyl (C=O) groups is 4. The van der Waals surface area contributed by atoms with Crippen LogP contribution in [-0.2, 0) is 41.6 Å². The number of carbonyl (C=O) groups excluding carboxylic acids is 4. The number of aliphatic hydroxyl groups is 1. The number of rotatable bonds is 10. The summed E-state index contributed by atoms with van der Waals surface area (Å²) in [5.74, 6) is -3.01. The molecule has 232 valence electrons. The van der Waals surface area contributed by atoms with Crippen LogP contribution in [0.15, 0.2) is 72.8 Å². The van der Waals surface area contributed by atoms with Gasteiger partial charge in [0, 0.05) is 19.5 Å². The van der Waals surface area contributed by atoms with Crippen LogP contribution in [0.1, 0.15) is 57.6 Å². The Morgan fingerprint density at radius 1 is 0.930 bits per heavy atom. The third-order valence-corrected chi connectivity index (χ3v) is 7.00. The lowest BCUT2D eigenvalue weighted by Crippen LogP contribution is -2.45. The summed E-state index contributed by atoms with van der Waals surface area (Å²) in [6.07, 6.45) is 4.25. The molecule has 2 aromatic rings. The first-order valence-electron chi connectivity index (χ1n) is 14.8. The van der Waals surface area contributed by atoms with Gasteiger partial charge in [0.05, 0.1) is 30.9 Å². The van der Waals surface area contributed by atoms with Crippen LogP contribution in [0.2, 0.25) is 0 Å². The van der Waals surface area contributed by atoms with E-state index in [1.54, 1.807) is 37.8 Å². The first-order chi connectivity index (χ1) is 20.5. The van der Waals surface area contributed by atoms with Crippen LogP contribution >= 0.6 is 0 Å². The Balaban J connectivity index is 1.81. The highest BCUT2D eigenvalue weighted by Gasteiger charge is 2.30. The number of allylic oxidation sites excluding steroid dienone is 2. The number of ether oxygens (including phenoxy) is 2. The molecular formula is C34H44N2O7. The SMILES string of the molecule is CC(C)(C)OC(=O)C[C@@H]1C/C=C\C[C@@H](CC(=O)N(CCO)Cc2ccccc2)C(=O)N[C@H](Cc2ccccc2)COC1=O. The van der Waals surface area contributed by atoms with Crippen LogP contribution < -0.4 is 5.32 Å². The topological polar surface area (TPSA) is 122 Å². The van der Waals surface area contributed by atoms with E-state index in [0.29, 0.717) is 13.0 Å². The number of aliphatic hydroxyl groups excluding tert-OH is 1. The number of benzene rings is 2. The van der Waals surface area contributed by atoms with Gasteiger partial charge >= 0.3 is 11.9 Å². The highest BCUT2D eigenvalue weighted by molar-refractivity contribution is 5.86. The minimum absolute atomic E-state index is 0.0534. The first-order valence-corrected chi connectivity index (χ1v) is 14.8. The molecule has 2 N–H and O–H groups in total. The van der Waals surface area contributed by atoms with E-state index in [0.717, 1.165) is 11.1 Å². The maximum absolute atomic E-state index is 13.6. The number of hydrogen-bond acceptors (Lipinski definition) is 7. The van der Waals surface area contributed by atoms with E-state index in [2.05, 4.69) is 5.32 Å². The van der Waals surface area contributed by atoms with Crippen molar-refractivity contribution in [1.82, 2.24) is 10.2 Å². The van der Waals surface area contributed by atoms with Crippen molar-refractivity contribution in [2.75, 3.05) is 19.8 Å². The first kappa shape index (κ1) is 33.5. The van der Waals surface area contributed by atoms with Crippen molar-refractivity contribution < 1.29 is 33.8 Å². The van der Waals surface area contributed by atoms with Gasteiger partial charge < -0.3 is 24.8 Å². The molecule has 2 amide bonds. The summed E-state index contributed by atoms with van der Waals surface area (Å²) in [6, 6.07) is 18.5. The van der Waals surface area contributed by atoms with Crippen molar-refractivity contribution in [3.05, 3.63) is 83.9 Å². The fraction of sp³-hybridized carbons (Fsp3) is 0.471. The van der Waals surface area contributed by atoms with Gasteiger partial charge in [0.15, 0.2) is 0 Å². The summed E-state index contributed by atoms with van der Waals surface area (Å²) in [4.78, 5) is 54.1. The molecule has 0 fully saturated rings. The molecule has 1 heterocycles. The number of nitrogens with zero attached hydrogens (tertiary/aromatic N) is 1. The number of nitrogens with one attached hydrogen (secondary N) is 1. The summed E-state index contributed by atoms with van der Waals surface area (Å²) in [7, 11) is 0. The van der Waals surface area contributed by atoms with E-state index in [9.17, 15) is 24.3 Å². The van der Waals surface area contributed by atoms with Crippen LogP contribution in [0.3, 0.4) is 0 Å². The Hall–Kier alpha value is -3.98. The Morgan fingerprint density at radius 2 is 1.53 bits per heavy atom. The summed E-state index contributed by atoms with van der Waals surface area (Å²) < 4.78 is 11.1. The summed E-state index contributed by atoms with van der Waals surface area (Å²) in [6.45, 7) is 5.50. The van der Waals surface area contributed by atoms with Crippen LogP contribution in [0.25, 0.3) is 0 Å².